The Labute approximate surface area is 119 Å². The molecule has 0 aliphatic carbocycles. The van der Waals surface area contributed by atoms with E-state index in [1.165, 1.54) is 0 Å². The highest BCUT2D eigenvalue weighted by Crippen LogP contribution is 2.26. The number of esters is 1. The number of hydrogen-bond donors (Lipinski definition) is 1. The number of anilines is 2. The van der Waals surface area contributed by atoms with Crippen molar-refractivity contribution in [2.75, 3.05) is 36.9 Å². The predicted molar refractivity (Wildman–Crippen MR) is 79.1 cm³/mol. The van der Waals surface area contributed by atoms with E-state index < -0.39 is 5.60 Å². The molecule has 1 aliphatic heterocycles. The van der Waals surface area contributed by atoms with Crippen molar-refractivity contribution in [3.8, 4) is 0 Å². The van der Waals surface area contributed by atoms with Crippen LogP contribution in [0.1, 0.15) is 31.1 Å². The number of hydrogen-bond acceptors (Lipinski definition) is 5. The number of nitrogen functional groups attached to an aromatic ring is 1. The molecule has 110 valence electrons. The molecule has 5 nitrogen and oxygen atoms in total. The van der Waals surface area contributed by atoms with Gasteiger partial charge in [0.15, 0.2) is 0 Å². The number of carbonyl (C=O) groups excluding carboxylic acids is 1. The van der Waals surface area contributed by atoms with Crippen LogP contribution in [0.15, 0.2) is 18.2 Å². The van der Waals surface area contributed by atoms with Gasteiger partial charge in [-0.05, 0) is 39.0 Å². The fourth-order valence-electron chi connectivity index (χ4n) is 2.09. The summed E-state index contributed by atoms with van der Waals surface area (Å²) in [5.74, 6) is -0.327. The fraction of sp³-hybridized carbons (Fsp3) is 0.533. The number of ether oxygens (including phenoxy) is 2. The average Bonchev–Trinajstić information content (AvgIpc) is 2.38. The van der Waals surface area contributed by atoms with E-state index >= 15 is 0 Å². The van der Waals surface area contributed by atoms with Crippen molar-refractivity contribution in [1.82, 2.24) is 0 Å². The van der Waals surface area contributed by atoms with Crippen molar-refractivity contribution in [2.45, 2.75) is 26.4 Å². The molecule has 2 rings (SSSR count). The predicted octanol–water partition coefficient (Wildman–Crippen LogP) is 2.06. The Morgan fingerprint density at radius 1 is 1.30 bits per heavy atom. The molecule has 1 aliphatic rings. The maximum atomic E-state index is 12.1. The van der Waals surface area contributed by atoms with Crippen LogP contribution >= 0.6 is 0 Å². The van der Waals surface area contributed by atoms with E-state index in [9.17, 15) is 4.79 Å². The van der Waals surface area contributed by atoms with Crippen LogP contribution in [-0.2, 0) is 9.47 Å². The van der Waals surface area contributed by atoms with Gasteiger partial charge in [-0.25, -0.2) is 4.79 Å². The zero-order valence-corrected chi connectivity index (χ0v) is 12.3. The van der Waals surface area contributed by atoms with Crippen LogP contribution in [0.5, 0.6) is 0 Å². The largest absolute Gasteiger partial charge is 0.456 e. The zero-order chi connectivity index (χ0) is 14.8. The third-order valence-electron chi connectivity index (χ3n) is 3.02. The summed E-state index contributed by atoms with van der Waals surface area (Å²) >= 11 is 0. The molecule has 0 unspecified atom stereocenters. The van der Waals surface area contributed by atoms with E-state index in [0.717, 1.165) is 18.8 Å². The first kappa shape index (κ1) is 14.7. The second-order valence-electron chi connectivity index (χ2n) is 5.87. The minimum atomic E-state index is -0.502. The van der Waals surface area contributed by atoms with E-state index in [1.54, 1.807) is 18.2 Å². The lowest BCUT2D eigenvalue weighted by Crippen LogP contribution is -2.36. The highest BCUT2D eigenvalue weighted by atomic mass is 16.6. The Bertz CT molecular complexity index is 488. The molecular formula is C15H22N2O3. The van der Waals surface area contributed by atoms with Gasteiger partial charge < -0.3 is 20.1 Å². The number of nitrogens with zero attached hydrogens (tertiary/aromatic N) is 1. The Morgan fingerprint density at radius 3 is 2.55 bits per heavy atom. The topological polar surface area (TPSA) is 64.8 Å². The van der Waals surface area contributed by atoms with Gasteiger partial charge in [-0.2, -0.15) is 0 Å². The molecule has 5 heteroatoms. The van der Waals surface area contributed by atoms with Crippen LogP contribution in [0, 0.1) is 0 Å². The monoisotopic (exact) mass is 278 g/mol. The highest BCUT2D eigenvalue weighted by molar-refractivity contribution is 5.92. The van der Waals surface area contributed by atoms with Gasteiger partial charge in [-0.15, -0.1) is 0 Å². The molecule has 0 amide bonds. The van der Waals surface area contributed by atoms with Crippen molar-refractivity contribution in [3.63, 3.8) is 0 Å². The number of nitrogens with two attached hydrogens (primary N) is 1. The molecule has 20 heavy (non-hydrogen) atoms. The lowest BCUT2D eigenvalue weighted by atomic mass is 10.1. The van der Waals surface area contributed by atoms with Crippen molar-refractivity contribution in [2.24, 2.45) is 0 Å². The summed E-state index contributed by atoms with van der Waals surface area (Å²) in [7, 11) is 0. The second-order valence-corrected chi connectivity index (χ2v) is 5.87. The summed E-state index contributed by atoms with van der Waals surface area (Å²) in [6, 6.07) is 5.26. The summed E-state index contributed by atoms with van der Waals surface area (Å²) < 4.78 is 10.7. The normalized spacial score (nSPS) is 16.1. The first-order valence-electron chi connectivity index (χ1n) is 6.82. The molecule has 0 aromatic heterocycles. The molecule has 0 bridgehead atoms. The Hall–Kier alpha value is -1.75. The molecule has 0 spiro atoms. The minimum absolute atomic E-state index is 0.327. The third-order valence-corrected chi connectivity index (χ3v) is 3.02. The van der Waals surface area contributed by atoms with Gasteiger partial charge in [0.25, 0.3) is 0 Å². The molecule has 1 saturated heterocycles. The first-order chi connectivity index (χ1) is 9.37. The van der Waals surface area contributed by atoms with E-state index in [-0.39, 0.29) is 5.97 Å². The molecule has 0 atom stereocenters. The van der Waals surface area contributed by atoms with E-state index in [4.69, 9.17) is 15.2 Å². The van der Waals surface area contributed by atoms with Crippen LogP contribution in [0.25, 0.3) is 0 Å². The van der Waals surface area contributed by atoms with Crippen LogP contribution in [0.3, 0.4) is 0 Å². The van der Waals surface area contributed by atoms with E-state index in [1.807, 2.05) is 20.8 Å². The van der Waals surface area contributed by atoms with Crippen molar-refractivity contribution >= 4 is 17.3 Å². The van der Waals surface area contributed by atoms with Crippen molar-refractivity contribution in [3.05, 3.63) is 23.8 Å². The number of rotatable bonds is 2. The third kappa shape index (κ3) is 3.63. The van der Waals surface area contributed by atoms with Crippen LogP contribution in [0.2, 0.25) is 0 Å². The summed E-state index contributed by atoms with van der Waals surface area (Å²) in [6.45, 7) is 8.47. The molecule has 0 saturated carbocycles. The van der Waals surface area contributed by atoms with Gasteiger partial charge in [-0.3, -0.25) is 0 Å². The summed E-state index contributed by atoms with van der Waals surface area (Å²) in [6.07, 6.45) is 0. The smallest absolute Gasteiger partial charge is 0.338 e. The number of benzene rings is 1. The molecular weight excluding hydrogens is 256 g/mol. The summed E-state index contributed by atoms with van der Waals surface area (Å²) in [4.78, 5) is 14.2. The minimum Gasteiger partial charge on any atom is -0.456 e. The van der Waals surface area contributed by atoms with E-state index in [0.29, 0.717) is 24.5 Å². The fourth-order valence-corrected chi connectivity index (χ4v) is 2.09. The van der Waals surface area contributed by atoms with Crippen LogP contribution in [0.4, 0.5) is 11.4 Å². The van der Waals surface area contributed by atoms with Crippen LogP contribution < -0.4 is 10.6 Å². The van der Waals surface area contributed by atoms with Gasteiger partial charge in [0.1, 0.15) is 5.60 Å². The number of carbonyl (C=O) groups is 1. The zero-order valence-electron chi connectivity index (χ0n) is 12.3. The highest BCUT2D eigenvalue weighted by Gasteiger charge is 2.20. The lowest BCUT2D eigenvalue weighted by Gasteiger charge is -2.30. The van der Waals surface area contributed by atoms with Gasteiger partial charge in [-0.1, -0.05) is 0 Å². The van der Waals surface area contributed by atoms with E-state index in [2.05, 4.69) is 4.90 Å². The molecule has 2 N–H and O–H groups in total. The number of morpholine rings is 1. The summed E-state index contributed by atoms with van der Waals surface area (Å²) in [5.41, 5.74) is 7.57. The van der Waals surface area contributed by atoms with Gasteiger partial charge in [0.2, 0.25) is 0 Å². The maximum Gasteiger partial charge on any atom is 0.338 e. The Kier molecular flexibility index (Phi) is 4.18. The maximum absolute atomic E-state index is 12.1. The average molecular weight is 278 g/mol. The Balaban J connectivity index is 2.21. The standard InChI is InChI=1S/C15H22N2O3/c1-15(2,3)20-14(18)11-4-5-12(16)13(10-11)17-6-8-19-9-7-17/h4-5,10H,6-9,16H2,1-3H3. The SMILES string of the molecule is CC(C)(C)OC(=O)c1ccc(N)c(N2CCOCC2)c1. The lowest BCUT2D eigenvalue weighted by molar-refractivity contribution is 0.00696. The quantitative estimate of drug-likeness (QED) is 0.662. The first-order valence-corrected chi connectivity index (χ1v) is 6.82. The van der Waals surface area contributed by atoms with Gasteiger partial charge in [0, 0.05) is 13.1 Å². The molecule has 1 fully saturated rings. The van der Waals surface area contributed by atoms with Gasteiger partial charge >= 0.3 is 5.97 Å². The van der Waals surface area contributed by atoms with Crippen molar-refractivity contribution < 1.29 is 14.3 Å². The second kappa shape index (κ2) is 5.71. The molecule has 0 radical (unpaired) electrons. The Morgan fingerprint density at radius 2 is 1.95 bits per heavy atom. The molecule has 1 aromatic rings. The van der Waals surface area contributed by atoms with Crippen LogP contribution in [-0.4, -0.2) is 37.9 Å². The van der Waals surface area contributed by atoms with Gasteiger partial charge in [0.05, 0.1) is 30.2 Å². The van der Waals surface area contributed by atoms with Crippen molar-refractivity contribution in [1.29, 1.82) is 0 Å². The molecule has 1 heterocycles. The summed E-state index contributed by atoms with van der Waals surface area (Å²) in [5, 5.41) is 0. The molecule has 1 aromatic carbocycles.